The van der Waals surface area contributed by atoms with Crippen LogP contribution in [0.15, 0.2) is 41.3 Å². The first-order valence-corrected chi connectivity index (χ1v) is 10.5. The van der Waals surface area contributed by atoms with E-state index in [9.17, 15) is 23.2 Å². The van der Waals surface area contributed by atoms with E-state index < -0.39 is 35.2 Å². The monoisotopic (exact) mass is 462 g/mol. The number of thioether (sulfide) groups is 1. The average Bonchev–Trinajstić information content (AvgIpc) is 3.00. The van der Waals surface area contributed by atoms with Gasteiger partial charge in [-0.1, -0.05) is 0 Å². The molecule has 1 saturated heterocycles. The summed E-state index contributed by atoms with van der Waals surface area (Å²) < 4.78 is 37.8. The van der Waals surface area contributed by atoms with Gasteiger partial charge in [-0.2, -0.15) is 0 Å². The molecule has 1 aliphatic rings. The molecule has 3 rings (SSSR count). The second kappa shape index (κ2) is 10.3. The summed E-state index contributed by atoms with van der Waals surface area (Å²) in [5.74, 6) is -2.13. The lowest BCUT2D eigenvalue weighted by atomic mass is 10.1. The molecule has 0 radical (unpaired) electrons. The van der Waals surface area contributed by atoms with Crippen LogP contribution >= 0.6 is 11.8 Å². The van der Waals surface area contributed by atoms with E-state index in [-0.39, 0.29) is 10.6 Å². The molecule has 2 aromatic rings. The Hall–Kier alpha value is -3.40. The van der Waals surface area contributed by atoms with Gasteiger partial charge in [0, 0.05) is 17.7 Å². The number of carbonyl (C=O) groups excluding carboxylic acids is 3. The number of amides is 3. The maximum atomic E-state index is 13.7. The quantitative estimate of drug-likeness (QED) is 0.584. The third-order valence-corrected chi connectivity index (χ3v) is 5.17. The Kier molecular flexibility index (Phi) is 7.47. The van der Waals surface area contributed by atoms with Gasteiger partial charge in [0.15, 0.2) is 0 Å². The Bertz CT molecular complexity index is 1090. The summed E-state index contributed by atoms with van der Waals surface area (Å²) in [6.45, 7) is 3.92. The van der Waals surface area contributed by atoms with Crippen molar-refractivity contribution < 1.29 is 32.6 Å². The van der Waals surface area contributed by atoms with Crippen molar-refractivity contribution >= 4 is 40.6 Å². The fourth-order valence-electron chi connectivity index (χ4n) is 2.87. The number of benzene rings is 2. The van der Waals surface area contributed by atoms with Crippen molar-refractivity contribution in [2.45, 2.75) is 13.8 Å². The van der Waals surface area contributed by atoms with E-state index in [1.165, 1.54) is 6.08 Å². The summed E-state index contributed by atoms with van der Waals surface area (Å²) in [7, 11) is 0. The van der Waals surface area contributed by atoms with Crippen LogP contribution < -0.4 is 14.8 Å². The number of nitrogens with zero attached hydrogens (tertiary/aromatic N) is 1. The smallest absolute Gasteiger partial charge is 0.294 e. The first kappa shape index (κ1) is 23.3. The predicted molar refractivity (Wildman–Crippen MR) is 116 cm³/mol. The molecule has 0 saturated carbocycles. The largest absolute Gasteiger partial charge is 0.494 e. The Labute approximate surface area is 187 Å². The molecule has 1 heterocycles. The zero-order valence-electron chi connectivity index (χ0n) is 17.3. The number of hydrogen-bond acceptors (Lipinski definition) is 6. The van der Waals surface area contributed by atoms with Gasteiger partial charge < -0.3 is 14.8 Å². The molecule has 1 fully saturated rings. The Balaban J connectivity index is 1.75. The van der Waals surface area contributed by atoms with Crippen molar-refractivity contribution in [2.75, 3.05) is 25.1 Å². The van der Waals surface area contributed by atoms with Gasteiger partial charge in [-0.15, -0.1) is 0 Å². The maximum absolute atomic E-state index is 13.7. The molecule has 0 unspecified atom stereocenters. The standard InChI is InChI=1S/C22H20F2N2O5S/c1-3-30-15-7-5-13(18(11-15)31-4-2)9-19-21(28)26(22(29)32-19)12-20(27)25-17-8-6-14(23)10-16(17)24/h5-11H,3-4,12H2,1-2H3,(H,25,27)/b19-9+. The molecule has 0 atom stereocenters. The fraction of sp³-hybridized carbons (Fsp3) is 0.227. The number of ether oxygens (including phenoxy) is 2. The molecule has 32 heavy (non-hydrogen) atoms. The number of nitrogens with one attached hydrogen (secondary N) is 1. The van der Waals surface area contributed by atoms with Crippen molar-refractivity contribution in [3.8, 4) is 11.5 Å². The van der Waals surface area contributed by atoms with E-state index in [0.29, 0.717) is 48.1 Å². The second-order valence-corrected chi connectivity index (χ2v) is 7.50. The van der Waals surface area contributed by atoms with E-state index in [0.717, 1.165) is 17.0 Å². The summed E-state index contributed by atoms with van der Waals surface area (Å²) in [4.78, 5) is 38.1. The van der Waals surface area contributed by atoms with Crippen molar-refractivity contribution in [1.29, 1.82) is 0 Å². The SMILES string of the molecule is CCOc1ccc(/C=C2/SC(=O)N(CC(=O)Nc3ccc(F)cc3F)C2=O)c(OCC)c1. The Morgan fingerprint density at radius 1 is 1.09 bits per heavy atom. The molecule has 0 aliphatic carbocycles. The lowest BCUT2D eigenvalue weighted by Crippen LogP contribution is -2.36. The van der Waals surface area contributed by atoms with Crippen molar-refractivity contribution in [3.05, 3.63) is 58.5 Å². The third-order valence-electron chi connectivity index (χ3n) is 4.26. The van der Waals surface area contributed by atoms with Gasteiger partial charge in [-0.25, -0.2) is 8.78 Å². The van der Waals surface area contributed by atoms with Crippen LogP contribution in [0.4, 0.5) is 19.3 Å². The van der Waals surface area contributed by atoms with Gasteiger partial charge in [0.2, 0.25) is 5.91 Å². The molecule has 0 spiro atoms. The molecule has 7 nitrogen and oxygen atoms in total. The molecule has 2 aromatic carbocycles. The van der Waals surface area contributed by atoms with Crippen LogP contribution in [0.2, 0.25) is 0 Å². The van der Waals surface area contributed by atoms with Gasteiger partial charge in [0.1, 0.15) is 29.7 Å². The molecule has 0 bridgehead atoms. The first-order valence-electron chi connectivity index (χ1n) is 9.72. The molecular weight excluding hydrogens is 442 g/mol. The number of halogens is 2. The Morgan fingerprint density at radius 2 is 1.84 bits per heavy atom. The van der Waals surface area contributed by atoms with E-state index in [4.69, 9.17) is 9.47 Å². The molecule has 1 N–H and O–H groups in total. The number of imide groups is 1. The van der Waals surface area contributed by atoms with E-state index >= 15 is 0 Å². The van der Waals surface area contributed by atoms with Crippen molar-refractivity contribution in [3.63, 3.8) is 0 Å². The topological polar surface area (TPSA) is 84.9 Å². The lowest BCUT2D eigenvalue weighted by molar-refractivity contribution is -0.127. The summed E-state index contributed by atoms with van der Waals surface area (Å²) >= 11 is 0.679. The van der Waals surface area contributed by atoms with Gasteiger partial charge >= 0.3 is 0 Å². The summed E-state index contributed by atoms with van der Waals surface area (Å²) in [5.41, 5.74) is 0.313. The van der Waals surface area contributed by atoms with E-state index in [1.807, 2.05) is 13.8 Å². The predicted octanol–water partition coefficient (Wildman–Crippen LogP) is 4.44. The second-order valence-electron chi connectivity index (χ2n) is 6.51. The lowest BCUT2D eigenvalue weighted by Gasteiger charge is -2.13. The van der Waals surface area contributed by atoms with Crippen LogP contribution in [0.5, 0.6) is 11.5 Å². The van der Waals surface area contributed by atoms with Crippen LogP contribution in [0.1, 0.15) is 19.4 Å². The number of carbonyl (C=O) groups is 3. The van der Waals surface area contributed by atoms with Gasteiger partial charge in [-0.05, 0) is 56.0 Å². The minimum absolute atomic E-state index is 0.112. The maximum Gasteiger partial charge on any atom is 0.294 e. The minimum atomic E-state index is -0.966. The molecule has 10 heteroatoms. The van der Waals surface area contributed by atoms with Crippen LogP contribution in [-0.2, 0) is 9.59 Å². The van der Waals surface area contributed by atoms with Crippen LogP contribution in [0, 0.1) is 11.6 Å². The van der Waals surface area contributed by atoms with Gasteiger partial charge in [0.05, 0.1) is 23.8 Å². The average molecular weight is 462 g/mol. The zero-order chi connectivity index (χ0) is 23.3. The van der Waals surface area contributed by atoms with E-state index in [2.05, 4.69) is 5.32 Å². The molecule has 168 valence electrons. The molecule has 1 aliphatic heterocycles. The summed E-state index contributed by atoms with van der Waals surface area (Å²) in [6, 6.07) is 7.76. The zero-order valence-corrected chi connectivity index (χ0v) is 18.1. The Morgan fingerprint density at radius 3 is 2.53 bits per heavy atom. The summed E-state index contributed by atoms with van der Waals surface area (Å²) in [5, 5.41) is 1.59. The number of anilines is 1. The molecule has 3 amide bonds. The highest BCUT2D eigenvalue weighted by Gasteiger charge is 2.36. The minimum Gasteiger partial charge on any atom is -0.494 e. The molecular formula is C22H20F2N2O5S. The normalized spacial score (nSPS) is 14.8. The van der Waals surface area contributed by atoms with Crippen molar-refractivity contribution in [2.24, 2.45) is 0 Å². The fourth-order valence-corrected chi connectivity index (χ4v) is 3.70. The summed E-state index contributed by atoms with van der Waals surface area (Å²) in [6.07, 6.45) is 1.50. The van der Waals surface area contributed by atoms with Crippen LogP contribution in [-0.4, -0.2) is 41.7 Å². The molecule has 0 aromatic heterocycles. The van der Waals surface area contributed by atoms with Crippen LogP contribution in [0.3, 0.4) is 0 Å². The highest BCUT2D eigenvalue weighted by molar-refractivity contribution is 8.18. The highest BCUT2D eigenvalue weighted by atomic mass is 32.2. The van der Waals surface area contributed by atoms with E-state index in [1.54, 1.807) is 18.2 Å². The van der Waals surface area contributed by atoms with Gasteiger partial charge in [0.25, 0.3) is 11.1 Å². The number of rotatable bonds is 8. The van der Waals surface area contributed by atoms with Gasteiger partial charge in [-0.3, -0.25) is 19.3 Å². The number of hydrogen-bond donors (Lipinski definition) is 1. The van der Waals surface area contributed by atoms with Crippen LogP contribution in [0.25, 0.3) is 6.08 Å². The first-order chi connectivity index (χ1) is 15.3. The third kappa shape index (κ3) is 5.44. The van der Waals surface area contributed by atoms with Crippen molar-refractivity contribution in [1.82, 2.24) is 4.90 Å². The highest BCUT2D eigenvalue weighted by Crippen LogP contribution is 2.35.